The van der Waals surface area contributed by atoms with E-state index in [1.807, 2.05) is 24.3 Å². The highest BCUT2D eigenvalue weighted by molar-refractivity contribution is 7.97. The Morgan fingerprint density at radius 3 is 1.87 bits per heavy atom. The summed E-state index contributed by atoms with van der Waals surface area (Å²) in [5.41, 5.74) is -0.718. The topological polar surface area (TPSA) is 35.5 Å². The molecular weight excluding hydrogens is 392 g/mol. The van der Waals surface area contributed by atoms with Gasteiger partial charge in [-0.15, -0.1) is 6.42 Å². The number of terminal acetylenes is 1. The number of esters is 1. The molecule has 4 rings (SSSR count). The third-order valence-electron chi connectivity index (χ3n) is 5.11. The number of ether oxygens (including phenoxy) is 2. The van der Waals surface area contributed by atoms with Crippen molar-refractivity contribution >= 4 is 16.9 Å². The molecule has 0 amide bonds. The smallest absolute Gasteiger partial charge is 0.345 e. The normalized spacial score (nSPS) is 14.4. The Balaban J connectivity index is 1.46. The molecule has 3 nitrogen and oxygen atoms in total. The standard InChI is InChI=1S/C26H23O3S/c1-2-26(18-9-19-26)29-25(27)20-28-21-14-16-24(17-15-21)30(22-10-5-3-6-11-22)23-12-7-4-8-13-23/h1,3-8,10-17H,9,18-20H2/q+1. The fraction of sp³-hybridized carbons (Fsp3) is 0.192. The molecule has 0 saturated heterocycles. The molecule has 1 fully saturated rings. The lowest BCUT2D eigenvalue weighted by atomic mass is 9.81. The van der Waals surface area contributed by atoms with Crippen molar-refractivity contribution in [2.24, 2.45) is 0 Å². The van der Waals surface area contributed by atoms with Crippen LogP contribution in [0.2, 0.25) is 0 Å². The van der Waals surface area contributed by atoms with Crippen molar-refractivity contribution in [3.8, 4) is 18.1 Å². The van der Waals surface area contributed by atoms with Crippen LogP contribution in [0.5, 0.6) is 5.75 Å². The zero-order chi connectivity index (χ0) is 20.8. The summed E-state index contributed by atoms with van der Waals surface area (Å²) in [6, 6.07) is 28.8. The van der Waals surface area contributed by atoms with E-state index in [1.54, 1.807) is 0 Å². The molecule has 0 spiro atoms. The van der Waals surface area contributed by atoms with Gasteiger partial charge in [0.05, 0.1) is 10.9 Å². The van der Waals surface area contributed by atoms with Crippen molar-refractivity contribution in [2.75, 3.05) is 6.61 Å². The zero-order valence-corrected chi connectivity index (χ0v) is 17.4. The van der Waals surface area contributed by atoms with Gasteiger partial charge in [0.1, 0.15) is 5.75 Å². The van der Waals surface area contributed by atoms with Crippen LogP contribution in [-0.2, 0) is 20.4 Å². The molecule has 1 aliphatic rings. The molecule has 0 radical (unpaired) electrons. The predicted molar refractivity (Wildman–Crippen MR) is 118 cm³/mol. The van der Waals surface area contributed by atoms with Crippen LogP contribution in [0.3, 0.4) is 0 Å². The van der Waals surface area contributed by atoms with E-state index in [1.165, 1.54) is 14.7 Å². The molecule has 0 unspecified atom stereocenters. The van der Waals surface area contributed by atoms with Gasteiger partial charge in [-0.05, 0) is 67.8 Å². The summed E-state index contributed by atoms with van der Waals surface area (Å²) in [5, 5.41) is 0. The van der Waals surface area contributed by atoms with Gasteiger partial charge in [-0.2, -0.15) is 0 Å². The van der Waals surface area contributed by atoms with Crippen LogP contribution >= 0.6 is 0 Å². The van der Waals surface area contributed by atoms with Crippen LogP contribution in [0.15, 0.2) is 99.6 Å². The minimum absolute atomic E-state index is 0.147. The van der Waals surface area contributed by atoms with Gasteiger partial charge in [0.2, 0.25) is 0 Å². The predicted octanol–water partition coefficient (Wildman–Crippen LogP) is 5.26. The van der Waals surface area contributed by atoms with E-state index in [2.05, 4.69) is 66.6 Å². The second kappa shape index (κ2) is 9.11. The van der Waals surface area contributed by atoms with Crippen LogP contribution in [0, 0.1) is 12.3 Å². The van der Waals surface area contributed by atoms with Crippen LogP contribution in [-0.4, -0.2) is 18.2 Å². The van der Waals surface area contributed by atoms with Crippen LogP contribution in [0.25, 0.3) is 0 Å². The molecule has 0 atom stereocenters. The molecule has 0 N–H and O–H groups in total. The molecule has 1 saturated carbocycles. The highest BCUT2D eigenvalue weighted by Gasteiger charge is 2.39. The van der Waals surface area contributed by atoms with Crippen molar-refractivity contribution in [2.45, 2.75) is 39.5 Å². The lowest BCUT2D eigenvalue weighted by molar-refractivity contribution is -0.163. The first kappa shape index (κ1) is 20.1. The van der Waals surface area contributed by atoms with Gasteiger partial charge in [0, 0.05) is 0 Å². The zero-order valence-electron chi connectivity index (χ0n) is 16.6. The van der Waals surface area contributed by atoms with Gasteiger partial charge in [0.25, 0.3) is 0 Å². The van der Waals surface area contributed by atoms with E-state index in [-0.39, 0.29) is 17.5 Å². The van der Waals surface area contributed by atoms with Gasteiger partial charge in [-0.25, -0.2) is 4.79 Å². The lowest BCUT2D eigenvalue weighted by Crippen LogP contribution is -2.41. The van der Waals surface area contributed by atoms with E-state index in [4.69, 9.17) is 15.9 Å². The summed E-state index contributed by atoms with van der Waals surface area (Å²) in [6.07, 6.45) is 7.94. The minimum atomic E-state index is -0.718. The molecule has 4 heteroatoms. The molecule has 150 valence electrons. The summed E-state index contributed by atoms with van der Waals surface area (Å²) >= 11 is 0. The summed E-state index contributed by atoms with van der Waals surface area (Å²) in [7, 11) is -0.213. The molecule has 30 heavy (non-hydrogen) atoms. The first-order valence-corrected chi connectivity index (χ1v) is 11.2. The maximum absolute atomic E-state index is 12.1. The molecule has 3 aromatic rings. The van der Waals surface area contributed by atoms with Crippen molar-refractivity contribution in [1.29, 1.82) is 0 Å². The van der Waals surface area contributed by atoms with E-state index in [0.29, 0.717) is 5.75 Å². The van der Waals surface area contributed by atoms with Gasteiger partial charge in [-0.1, -0.05) is 42.3 Å². The monoisotopic (exact) mass is 415 g/mol. The molecule has 1 aliphatic carbocycles. The molecule has 0 aromatic heterocycles. The fourth-order valence-electron chi connectivity index (χ4n) is 3.36. The lowest BCUT2D eigenvalue weighted by Gasteiger charge is -2.35. The second-order valence-electron chi connectivity index (χ2n) is 7.16. The van der Waals surface area contributed by atoms with E-state index >= 15 is 0 Å². The summed E-state index contributed by atoms with van der Waals surface area (Å²) in [5.74, 6) is 2.80. The highest BCUT2D eigenvalue weighted by atomic mass is 32.2. The molecule has 0 heterocycles. The van der Waals surface area contributed by atoms with Crippen molar-refractivity contribution < 1.29 is 14.3 Å². The molecule has 3 aromatic carbocycles. The quantitative estimate of drug-likeness (QED) is 0.300. The Labute approximate surface area is 180 Å². The van der Waals surface area contributed by atoms with Crippen molar-refractivity contribution in [3.05, 3.63) is 84.9 Å². The third kappa shape index (κ3) is 4.53. The average molecular weight is 416 g/mol. The van der Waals surface area contributed by atoms with Crippen molar-refractivity contribution in [1.82, 2.24) is 0 Å². The average Bonchev–Trinajstić information content (AvgIpc) is 2.77. The Hall–Kier alpha value is -3.16. The third-order valence-corrected chi connectivity index (χ3v) is 7.34. The van der Waals surface area contributed by atoms with Crippen LogP contribution in [0.1, 0.15) is 19.3 Å². The SMILES string of the molecule is C#CC1(OC(=O)COc2ccc([S+](c3ccccc3)c3ccccc3)cc2)CCC1. The number of carbonyl (C=O) groups is 1. The molecular formula is C26H23O3S+. The first-order valence-electron chi connectivity index (χ1n) is 9.96. The number of hydrogen-bond acceptors (Lipinski definition) is 3. The van der Waals surface area contributed by atoms with Gasteiger partial charge in [-0.3, -0.25) is 0 Å². The van der Waals surface area contributed by atoms with Crippen molar-refractivity contribution in [3.63, 3.8) is 0 Å². The largest absolute Gasteiger partial charge is 0.482 e. The Kier molecular flexibility index (Phi) is 6.11. The Morgan fingerprint density at radius 1 is 0.867 bits per heavy atom. The second-order valence-corrected chi connectivity index (χ2v) is 9.19. The molecule has 0 aliphatic heterocycles. The highest BCUT2D eigenvalue weighted by Crippen LogP contribution is 2.35. The van der Waals surface area contributed by atoms with E-state index < -0.39 is 11.6 Å². The fourth-order valence-corrected chi connectivity index (χ4v) is 5.44. The van der Waals surface area contributed by atoms with Crippen LogP contribution in [0.4, 0.5) is 0 Å². The summed E-state index contributed by atoms with van der Waals surface area (Å²) < 4.78 is 11.1. The van der Waals surface area contributed by atoms with E-state index in [9.17, 15) is 4.79 Å². The van der Waals surface area contributed by atoms with Gasteiger partial charge in [0.15, 0.2) is 26.9 Å². The maximum Gasteiger partial charge on any atom is 0.345 e. The minimum Gasteiger partial charge on any atom is -0.482 e. The number of benzene rings is 3. The molecule has 0 bridgehead atoms. The number of carbonyl (C=O) groups excluding carboxylic acids is 1. The maximum atomic E-state index is 12.1. The summed E-state index contributed by atoms with van der Waals surface area (Å²) in [6.45, 7) is -0.147. The number of hydrogen-bond donors (Lipinski definition) is 0. The Bertz CT molecular complexity index is 980. The van der Waals surface area contributed by atoms with E-state index in [0.717, 1.165) is 19.3 Å². The Morgan fingerprint density at radius 2 is 1.40 bits per heavy atom. The van der Waals surface area contributed by atoms with Gasteiger partial charge < -0.3 is 9.47 Å². The summed E-state index contributed by atoms with van der Waals surface area (Å²) in [4.78, 5) is 15.8. The van der Waals surface area contributed by atoms with Gasteiger partial charge >= 0.3 is 5.97 Å². The first-order chi connectivity index (χ1) is 14.7. The van der Waals surface area contributed by atoms with Crippen LogP contribution < -0.4 is 4.74 Å². The number of rotatable bonds is 7.